The van der Waals surface area contributed by atoms with Gasteiger partial charge < -0.3 is 14.2 Å². The number of hydrogen-bond donors (Lipinski definition) is 1. The largest absolute Gasteiger partial charge is 0.466 e. The average molecular weight is 511 g/mol. The lowest BCUT2D eigenvalue weighted by atomic mass is 10.0. The zero-order valence-electron chi connectivity index (χ0n) is 18.6. The number of esters is 1. The van der Waals surface area contributed by atoms with E-state index in [1.165, 1.54) is 28.6 Å². The number of nitrogens with one attached hydrogen (secondary N) is 1. The molecule has 0 unspecified atom stereocenters. The molecule has 2 aliphatic rings. The second-order valence-corrected chi connectivity index (χ2v) is 11.6. The summed E-state index contributed by atoms with van der Waals surface area (Å²) in [6.45, 7) is 2.42. The summed E-state index contributed by atoms with van der Waals surface area (Å²) in [5, 5.41) is 0. The molecular formula is C22H26N2O8S2. The minimum absolute atomic E-state index is 0.0298. The highest BCUT2D eigenvalue weighted by atomic mass is 32.2. The molecule has 2 aliphatic heterocycles. The van der Waals surface area contributed by atoms with Gasteiger partial charge >= 0.3 is 5.97 Å². The minimum atomic E-state index is -3.88. The number of fused-ring (bicyclic) bond motifs is 1. The van der Waals surface area contributed by atoms with E-state index < -0.39 is 31.9 Å². The normalized spacial score (nSPS) is 18.6. The van der Waals surface area contributed by atoms with Crippen molar-refractivity contribution < 1.29 is 35.8 Å². The van der Waals surface area contributed by atoms with Crippen LogP contribution in [-0.2, 0) is 36.1 Å². The smallest absolute Gasteiger partial charge is 0.310 e. The SMILES string of the molecule is CCOC(=O)[C@@H]1CCCN(S(=O)(=O)c2ccc(S(=O)(=O)NCc3ccc4c(c3)OCO4)cc2)C1. The maximum atomic E-state index is 13.1. The second-order valence-electron chi connectivity index (χ2n) is 7.94. The Morgan fingerprint density at radius 1 is 1.06 bits per heavy atom. The Balaban J connectivity index is 1.43. The molecule has 0 spiro atoms. The highest BCUT2D eigenvalue weighted by molar-refractivity contribution is 7.89. The predicted octanol–water partition coefficient (Wildman–Crippen LogP) is 1.86. The maximum absolute atomic E-state index is 13.1. The maximum Gasteiger partial charge on any atom is 0.310 e. The summed E-state index contributed by atoms with van der Waals surface area (Å²) in [6.07, 6.45) is 1.11. The van der Waals surface area contributed by atoms with Crippen LogP contribution >= 0.6 is 0 Å². The Morgan fingerprint density at radius 2 is 1.76 bits per heavy atom. The first-order valence-electron chi connectivity index (χ1n) is 10.9. The quantitative estimate of drug-likeness (QED) is 0.533. The van der Waals surface area contributed by atoms with Crippen LogP contribution in [0.15, 0.2) is 52.3 Å². The van der Waals surface area contributed by atoms with Crippen LogP contribution in [0.1, 0.15) is 25.3 Å². The molecule has 0 aromatic heterocycles. The lowest BCUT2D eigenvalue weighted by Gasteiger charge is -2.30. The van der Waals surface area contributed by atoms with E-state index in [2.05, 4.69) is 4.72 Å². The third-order valence-electron chi connectivity index (χ3n) is 5.68. The Bertz CT molecular complexity index is 1260. The fourth-order valence-corrected chi connectivity index (χ4v) is 6.41. The summed E-state index contributed by atoms with van der Waals surface area (Å²) in [5.41, 5.74) is 0.688. The predicted molar refractivity (Wildman–Crippen MR) is 121 cm³/mol. The lowest BCUT2D eigenvalue weighted by molar-refractivity contribution is -0.149. The molecule has 1 fully saturated rings. The lowest BCUT2D eigenvalue weighted by Crippen LogP contribution is -2.42. The highest BCUT2D eigenvalue weighted by Gasteiger charge is 2.34. The van der Waals surface area contributed by atoms with E-state index in [9.17, 15) is 21.6 Å². The minimum Gasteiger partial charge on any atom is -0.466 e. The summed E-state index contributed by atoms with van der Waals surface area (Å²) in [6, 6.07) is 10.2. The molecular weight excluding hydrogens is 484 g/mol. The van der Waals surface area contributed by atoms with Crippen molar-refractivity contribution >= 4 is 26.0 Å². The molecule has 34 heavy (non-hydrogen) atoms. The molecule has 4 rings (SSSR count). The fraction of sp³-hybridized carbons (Fsp3) is 0.409. The Labute approximate surface area is 198 Å². The Kier molecular flexibility index (Phi) is 7.12. The summed E-state index contributed by atoms with van der Waals surface area (Å²) >= 11 is 0. The van der Waals surface area contributed by atoms with Gasteiger partial charge in [0.25, 0.3) is 0 Å². The number of piperidine rings is 1. The molecule has 10 nitrogen and oxygen atoms in total. The van der Waals surface area contributed by atoms with Crippen LogP contribution in [0, 0.1) is 5.92 Å². The van der Waals surface area contributed by atoms with Crippen LogP contribution in [0.2, 0.25) is 0 Å². The topological polar surface area (TPSA) is 128 Å². The van der Waals surface area contributed by atoms with Crippen LogP contribution < -0.4 is 14.2 Å². The van der Waals surface area contributed by atoms with E-state index in [-0.39, 0.29) is 42.8 Å². The van der Waals surface area contributed by atoms with E-state index in [0.717, 1.165) is 0 Å². The van der Waals surface area contributed by atoms with Gasteiger partial charge in [0.05, 0.1) is 22.3 Å². The first kappa shape index (κ1) is 24.5. The molecule has 12 heteroatoms. The van der Waals surface area contributed by atoms with Gasteiger partial charge in [-0.2, -0.15) is 4.31 Å². The van der Waals surface area contributed by atoms with Gasteiger partial charge in [0, 0.05) is 19.6 Å². The number of carbonyl (C=O) groups excluding carboxylic acids is 1. The Hall–Kier alpha value is -2.67. The molecule has 2 aromatic rings. The second kappa shape index (κ2) is 9.90. The van der Waals surface area contributed by atoms with E-state index in [4.69, 9.17) is 14.2 Å². The number of rotatable bonds is 8. The molecule has 0 bridgehead atoms. The van der Waals surface area contributed by atoms with E-state index in [1.54, 1.807) is 25.1 Å². The van der Waals surface area contributed by atoms with Gasteiger partial charge in [0.15, 0.2) is 11.5 Å². The van der Waals surface area contributed by atoms with Crippen LogP contribution in [0.3, 0.4) is 0 Å². The van der Waals surface area contributed by atoms with Crippen LogP contribution in [0.4, 0.5) is 0 Å². The van der Waals surface area contributed by atoms with Gasteiger partial charge in [-0.3, -0.25) is 4.79 Å². The molecule has 184 valence electrons. The van der Waals surface area contributed by atoms with Crippen molar-refractivity contribution in [2.75, 3.05) is 26.5 Å². The first-order chi connectivity index (χ1) is 16.2. The van der Waals surface area contributed by atoms with Gasteiger partial charge in [-0.1, -0.05) is 6.07 Å². The number of sulfonamides is 2. The van der Waals surface area contributed by atoms with Gasteiger partial charge in [-0.15, -0.1) is 0 Å². The van der Waals surface area contributed by atoms with Gasteiger partial charge in [0.2, 0.25) is 26.8 Å². The van der Waals surface area contributed by atoms with Crippen molar-refractivity contribution in [1.29, 1.82) is 0 Å². The van der Waals surface area contributed by atoms with Crippen molar-refractivity contribution in [1.82, 2.24) is 9.03 Å². The molecule has 0 aliphatic carbocycles. The number of carbonyl (C=O) groups is 1. The monoisotopic (exact) mass is 510 g/mol. The zero-order valence-corrected chi connectivity index (χ0v) is 20.2. The number of ether oxygens (including phenoxy) is 3. The molecule has 1 N–H and O–H groups in total. The zero-order chi connectivity index (χ0) is 24.3. The summed E-state index contributed by atoms with van der Waals surface area (Å²) in [7, 11) is -7.76. The van der Waals surface area contributed by atoms with E-state index >= 15 is 0 Å². The van der Waals surface area contributed by atoms with Crippen molar-refractivity contribution in [3.05, 3.63) is 48.0 Å². The number of benzene rings is 2. The van der Waals surface area contributed by atoms with Crippen molar-refractivity contribution in [2.45, 2.75) is 36.1 Å². The molecule has 0 amide bonds. The summed E-state index contributed by atoms with van der Waals surface area (Å²) in [4.78, 5) is 12.0. The van der Waals surface area contributed by atoms with Crippen LogP contribution in [0.5, 0.6) is 11.5 Å². The summed E-state index contributed by atoms with van der Waals surface area (Å²) < 4.78 is 70.9. The van der Waals surface area contributed by atoms with E-state index in [0.29, 0.717) is 29.9 Å². The number of nitrogens with zero attached hydrogens (tertiary/aromatic N) is 1. The third kappa shape index (κ3) is 5.19. The average Bonchev–Trinajstić information content (AvgIpc) is 3.31. The van der Waals surface area contributed by atoms with Gasteiger partial charge in [-0.05, 0) is 61.7 Å². The van der Waals surface area contributed by atoms with Crippen molar-refractivity contribution in [3.8, 4) is 11.5 Å². The number of hydrogen-bond acceptors (Lipinski definition) is 8. The van der Waals surface area contributed by atoms with Gasteiger partial charge in [0.1, 0.15) is 0 Å². The molecule has 0 radical (unpaired) electrons. The highest BCUT2D eigenvalue weighted by Crippen LogP contribution is 2.32. The van der Waals surface area contributed by atoms with Crippen molar-refractivity contribution in [3.63, 3.8) is 0 Å². The van der Waals surface area contributed by atoms with Crippen LogP contribution in [-0.4, -0.2) is 53.6 Å². The van der Waals surface area contributed by atoms with Crippen molar-refractivity contribution in [2.24, 2.45) is 5.92 Å². The standard InChI is InChI=1S/C22H26N2O8S2/c1-2-30-22(25)17-4-3-11-24(14-17)34(28,29)19-8-6-18(7-9-19)33(26,27)23-13-16-5-10-20-21(12-16)32-15-31-20/h5-10,12,17,23H,2-4,11,13-15H2,1H3/t17-/m1/s1. The Morgan fingerprint density at radius 3 is 2.50 bits per heavy atom. The molecule has 2 aromatic carbocycles. The first-order valence-corrected chi connectivity index (χ1v) is 13.8. The molecule has 1 saturated heterocycles. The third-order valence-corrected chi connectivity index (χ3v) is 8.98. The van der Waals surface area contributed by atoms with E-state index in [1.807, 2.05) is 0 Å². The molecule has 0 saturated carbocycles. The van der Waals surface area contributed by atoms with Crippen LogP contribution in [0.25, 0.3) is 0 Å². The molecule has 1 atom stereocenters. The summed E-state index contributed by atoms with van der Waals surface area (Å²) in [5.74, 6) is 0.237. The fourth-order valence-electron chi connectivity index (χ4n) is 3.87. The van der Waals surface area contributed by atoms with Gasteiger partial charge in [-0.25, -0.2) is 21.6 Å². The molecule has 2 heterocycles.